The molecule has 4 heteroatoms. The molecular weight excluding hydrogens is 216 g/mol. The summed E-state index contributed by atoms with van der Waals surface area (Å²) in [5, 5.41) is 6.60. The minimum atomic E-state index is 0.170. The van der Waals surface area contributed by atoms with Crippen LogP contribution in [0.4, 0.5) is 0 Å². The molecule has 2 saturated heterocycles. The van der Waals surface area contributed by atoms with Crippen molar-refractivity contribution in [3.63, 3.8) is 0 Å². The van der Waals surface area contributed by atoms with Gasteiger partial charge in [0.1, 0.15) is 0 Å². The van der Waals surface area contributed by atoms with Crippen LogP contribution in [0.25, 0.3) is 0 Å². The fourth-order valence-electron chi connectivity index (χ4n) is 2.83. The maximum absolute atomic E-state index is 12.1. The molecule has 2 aliphatic heterocycles. The third-order valence-corrected chi connectivity index (χ3v) is 4.07. The number of nitrogens with one attached hydrogen (secondary N) is 2. The summed E-state index contributed by atoms with van der Waals surface area (Å²) in [6.45, 7) is 5.69. The molecule has 2 fully saturated rings. The number of hydrogen-bond acceptors (Lipinski definition) is 3. The lowest BCUT2D eigenvalue weighted by Crippen LogP contribution is -2.52. The number of hydrogen-bond donors (Lipinski definition) is 2. The van der Waals surface area contributed by atoms with Gasteiger partial charge in [0.25, 0.3) is 0 Å². The molecule has 0 aromatic rings. The van der Waals surface area contributed by atoms with Crippen LogP contribution in [0, 0.1) is 11.8 Å². The summed E-state index contributed by atoms with van der Waals surface area (Å²) in [7, 11) is 0. The molecule has 17 heavy (non-hydrogen) atoms. The Morgan fingerprint density at radius 3 is 2.82 bits per heavy atom. The second kappa shape index (κ2) is 6.36. The van der Waals surface area contributed by atoms with Crippen molar-refractivity contribution in [2.45, 2.75) is 38.6 Å². The van der Waals surface area contributed by atoms with Gasteiger partial charge in [-0.3, -0.25) is 4.79 Å². The van der Waals surface area contributed by atoms with Gasteiger partial charge in [0.05, 0.1) is 0 Å². The van der Waals surface area contributed by atoms with Gasteiger partial charge in [-0.2, -0.15) is 0 Å². The van der Waals surface area contributed by atoms with Crippen LogP contribution in [0.1, 0.15) is 32.6 Å². The molecule has 0 aromatic carbocycles. The van der Waals surface area contributed by atoms with E-state index in [1.54, 1.807) is 0 Å². The zero-order chi connectivity index (χ0) is 12.1. The smallest absolute Gasteiger partial charge is 0.223 e. The molecule has 2 heterocycles. The highest BCUT2D eigenvalue weighted by Gasteiger charge is 2.28. The Hall–Kier alpha value is -0.610. The molecule has 0 saturated carbocycles. The molecule has 1 amide bonds. The first-order valence-corrected chi connectivity index (χ1v) is 6.90. The topological polar surface area (TPSA) is 50.4 Å². The van der Waals surface area contributed by atoms with Crippen molar-refractivity contribution in [1.82, 2.24) is 10.6 Å². The van der Waals surface area contributed by atoms with Gasteiger partial charge in [-0.25, -0.2) is 0 Å². The molecule has 2 unspecified atom stereocenters. The summed E-state index contributed by atoms with van der Waals surface area (Å²) in [6.07, 6.45) is 4.08. The number of ether oxygens (including phenoxy) is 1. The van der Waals surface area contributed by atoms with Crippen LogP contribution < -0.4 is 10.6 Å². The molecule has 98 valence electrons. The average molecular weight is 240 g/mol. The maximum Gasteiger partial charge on any atom is 0.223 e. The first-order chi connectivity index (χ1) is 8.31. The molecule has 2 atom stereocenters. The Bertz CT molecular complexity index is 252. The third-order valence-electron chi connectivity index (χ3n) is 4.07. The minimum absolute atomic E-state index is 0.170. The lowest BCUT2D eigenvalue weighted by Gasteiger charge is -2.33. The fraction of sp³-hybridized carbons (Fsp3) is 0.923. The molecule has 0 bridgehead atoms. The monoisotopic (exact) mass is 240 g/mol. The quantitative estimate of drug-likeness (QED) is 0.771. The highest BCUT2D eigenvalue weighted by molar-refractivity contribution is 5.79. The van der Waals surface area contributed by atoms with Crippen molar-refractivity contribution in [3.05, 3.63) is 0 Å². The largest absolute Gasteiger partial charge is 0.381 e. The third kappa shape index (κ3) is 3.42. The van der Waals surface area contributed by atoms with Gasteiger partial charge < -0.3 is 15.4 Å². The summed E-state index contributed by atoms with van der Waals surface area (Å²) in [6, 6.07) is 0.323. The van der Waals surface area contributed by atoms with Crippen LogP contribution in [0.2, 0.25) is 0 Å². The number of rotatable bonds is 3. The second-order valence-electron chi connectivity index (χ2n) is 5.16. The molecule has 4 nitrogen and oxygen atoms in total. The van der Waals surface area contributed by atoms with Crippen molar-refractivity contribution in [2.75, 3.05) is 26.3 Å². The van der Waals surface area contributed by atoms with Gasteiger partial charge >= 0.3 is 0 Å². The summed E-state index contributed by atoms with van der Waals surface area (Å²) in [5.41, 5.74) is 0. The standard InChI is InChI=1S/C13H24N2O2/c1-2-10-3-6-14-9-12(10)15-13(16)11-4-7-17-8-5-11/h10-12,14H,2-9H2,1H3,(H,15,16). The van der Waals surface area contributed by atoms with Gasteiger partial charge in [-0.15, -0.1) is 0 Å². The summed E-state index contributed by atoms with van der Waals surface area (Å²) < 4.78 is 5.29. The van der Waals surface area contributed by atoms with Gasteiger partial charge in [0.15, 0.2) is 0 Å². The van der Waals surface area contributed by atoms with E-state index in [2.05, 4.69) is 17.6 Å². The zero-order valence-electron chi connectivity index (χ0n) is 10.7. The summed E-state index contributed by atoms with van der Waals surface area (Å²) in [4.78, 5) is 12.1. The maximum atomic E-state index is 12.1. The lowest BCUT2D eigenvalue weighted by molar-refractivity contribution is -0.129. The normalized spacial score (nSPS) is 31.1. The van der Waals surface area contributed by atoms with Crippen LogP contribution >= 0.6 is 0 Å². The SMILES string of the molecule is CCC1CCNCC1NC(=O)C1CCOCC1. The number of carbonyl (C=O) groups is 1. The lowest BCUT2D eigenvalue weighted by atomic mass is 9.89. The Balaban J connectivity index is 1.83. The molecule has 0 aliphatic carbocycles. The van der Waals surface area contributed by atoms with E-state index >= 15 is 0 Å². The van der Waals surface area contributed by atoms with E-state index in [1.165, 1.54) is 6.42 Å². The van der Waals surface area contributed by atoms with Crippen LogP contribution in [-0.4, -0.2) is 38.3 Å². The van der Waals surface area contributed by atoms with Crippen molar-refractivity contribution in [3.8, 4) is 0 Å². The Morgan fingerprint density at radius 2 is 2.12 bits per heavy atom. The zero-order valence-corrected chi connectivity index (χ0v) is 10.7. The van der Waals surface area contributed by atoms with E-state index < -0.39 is 0 Å². The Labute approximate surface area is 103 Å². The van der Waals surface area contributed by atoms with Crippen LogP contribution in [0.3, 0.4) is 0 Å². The molecule has 2 aliphatic rings. The van der Waals surface area contributed by atoms with E-state index in [0.29, 0.717) is 12.0 Å². The minimum Gasteiger partial charge on any atom is -0.381 e. The second-order valence-corrected chi connectivity index (χ2v) is 5.16. The van der Waals surface area contributed by atoms with E-state index in [4.69, 9.17) is 4.74 Å². The van der Waals surface area contributed by atoms with Gasteiger partial charge in [-0.05, 0) is 31.7 Å². The molecular formula is C13H24N2O2. The highest BCUT2D eigenvalue weighted by Crippen LogP contribution is 2.19. The van der Waals surface area contributed by atoms with Gasteiger partial charge in [-0.1, -0.05) is 13.3 Å². The first kappa shape index (κ1) is 12.8. The Morgan fingerprint density at radius 1 is 1.35 bits per heavy atom. The van der Waals surface area contributed by atoms with Crippen molar-refractivity contribution >= 4 is 5.91 Å². The van der Waals surface area contributed by atoms with Crippen LogP contribution in [0.15, 0.2) is 0 Å². The van der Waals surface area contributed by atoms with E-state index in [-0.39, 0.29) is 11.8 Å². The molecule has 0 spiro atoms. The Kier molecular flexibility index (Phi) is 4.80. The van der Waals surface area contributed by atoms with Crippen molar-refractivity contribution in [1.29, 1.82) is 0 Å². The van der Waals surface area contributed by atoms with Crippen LogP contribution in [0.5, 0.6) is 0 Å². The predicted molar refractivity (Wildman–Crippen MR) is 66.7 cm³/mol. The molecule has 0 aromatic heterocycles. The fourth-order valence-corrected chi connectivity index (χ4v) is 2.83. The average Bonchev–Trinajstić information content (AvgIpc) is 2.40. The molecule has 0 radical (unpaired) electrons. The van der Waals surface area contributed by atoms with E-state index in [0.717, 1.165) is 45.6 Å². The highest BCUT2D eigenvalue weighted by atomic mass is 16.5. The van der Waals surface area contributed by atoms with Crippen molar-refractivity contribution < 1.29 is 9.53 Å². The number of piperidine rings is 1. The predicted octanol–water partition coefficient (Wildman–Crippen LogP) is 0.917. The van der Waals surface area contributed by atoms with E-state index in [9.17, 15) is 4.79 Å². The van der Waals surface area contributed by atoms with Crippen molar-refractivity contribution in [2.24, 2.45) is 11.8 Å². The van der Waals surface area contributed by atoms with Crippen LogP contribution in [-0.2, 0) is 9.53 Å². The van der Waals surface area contributed by atoms with Gasteiger partial charge in [0, 0.05) is 31.7 Å². The summed E-state index contributed by atoms with van der Waals surface area (Å²) >= 11 is 0. The number of carbonyl (C=O) groups excluding carboxylic acids is 1. The number of amides is 1. The summed E-state index contributed by atoms with van der Waals surface area (Å²) in [5.74, 6) is 1.05. The molecule has 2 N–H and O–H groups in total. The van der Waals surface area contributed by atoms with E-state index in [1.807, 2.05) is 0 Å². The van der Waals surface area contributed by atoms with Gasteiger partial charge in [0.2, 0.25) is 5.91 Å². The molecule has 2 rings (SSSR count). The first-order valence-electron chi connectivity index (χ1n) is 6.90.